The fraction of sp³-hybridized carbons (Fsp3) is 0.462. The van der Waals surface area contributed by atoms with Crippen LogP contribution in [0, 0.1) is 0 Å². The van der Waals surface area contributed by atoms with E-state index in [9.17, 15) is 13.2 Å². The third-order valence-electron chi connectivity index (χ3n) is 3.30. The molecule has 1 aliphatic carbocycles. The van der Waals surface area contributed by atoms with Gasteiger partial charge in [-0.2, -0.15) is 0 Å². The Kier molecular flexibility index (Phi) is 4.29. The standard InChI is InChI=1S/C13H18N2O4S/c1-14-20(18,19)12-6-4-11(5-7-12)15(10-2-3-10)9-8-13(16)17/h4-7,10,14H,2-3,8-9H2,1H3,(H,16,17). The molecule has 0 spiro atoms. The molecule has 0 radical (unpaired) electrons. The van der Waals surface area contributed by atoms with Crippen molar-refractivity contribution in [2.24, 2.45) is 0 Å². The van der Waals surface area contributed by atoms with Crippen LogP contribution in [0.25, 0.3) is 0 Å². The Labute approximate surface area is 118 Å². The van der Waals surface area contributed by atoms with Gasteiger partial charge in [0, 0.05) is 18.3 Å². The lowest BCUT2D eigenvalue weighted by Crippen LogP contribution is -2.28. The van der Waals surface area contributed by atoms with Crippen molar-refractivity contribution in [3.05, 3.63) is 24.3 Å². The van der Waals surface area contributed by atoms with E-state index in [2.05, 4.69) is 4.72 Å². The zero-order valence-corrected chi connectivity index (χ0v) is 12.1. The zero-order chi connectivity index (χ0) is 14.8. The summed E-state index contributed by atoms with van der Waals surface area (Å²) in [6, 6.07) is 6.91. The minimum atomic E-state index is -3.43. The number of carbonyl (C=O) groups is 1. The van der Waals surface area contributed by atoms with Gasteiger partial charge < -0.3 is 10.0 Å². The van der Waals surface area contributed by atoms with Crippen LogP contribution in [0.5, 0.6) is 0 Å². The van der Waals surface area contributed by atoms with Crippen LogP contribution in [0.1, 0.15) is 19.3 Å². The second-order valence-electron chi connectivity index (χ2n) is 4.77. The smallest absolute Gasteiger partial charge is 0.305 e. The summed E-state index contributed by atoms with van der Waals surface area (Å²) in [5.74, 6) is -0.829. The number of carboxylic acid groups (broad SMARTS) is 1. The molecule has 0 bridgehead atoms. The summed E-state index contributed by atoms with van der Waals surface area (Å²) < 4.78 is 25.5. The molecule has 0 saturated heterocycles. The number of benzene rings is 1. The number of hydrogen-bond donors (Lipinski definition) is 2. The van der Waals surface area contributed by atoms with Crippen molar-refractivity contribution in [3.63, 3.8) is 0 Å². The fourth-order valence-corrected chi connectivity index (χ4v) is 2.79. The topological polar surface area (TPSA) is 86.7 Å². The number of nitrogens with zero attached hydrogens (tertiary/aromatic N) is 1. The van der Waals surface area contributed by atoms with Crippen molar-refractivity contribution in [2.75, 3.05) is 18.5 Å². The Morgan fingerprint density at radius 3 is 2.40 bits per heavy atom. The van der Waals surface area contributed by atoms with E-state index in [-0.39, 0.29) is 11.3 Å². The molecule has 2 N–H and O–H groups in total. The summed E-state index contributed by atoms with van der Waals surface area (Å²) in [6.45, 7) is 0.443. The van der Waals surface area contributed by atoms with Gasteiger partial charge in [0.25, 0.3) is 0 Å². The Bertz CT molecular complexity index is 579. The number of aliphatic carboxylic acids is 1. The molecule has 0 unspecified atom stereocenters. The van der Waals surface area contributed by atoms with Gasteiger partial charge in [0.2, 0.25) is 10.0 Å². The second-order valence-corrected chi connectivity index (χ2v) is 6.66. The molecule has 0 atom stereocenters. The molecule has 1 aliphatic rings. The van der Waals surface area contributed by atoms with E-state index in [0.717, 1.165) is 18.5 Å². The first-order valence-electron chi connectivity index (χ1n) is 6.46. The molecule has 1 aromatic carbocycles. The van der Waals surface area contributed by atoms with E-state index >= 15 is 0 Å². The largest absolute Gasteiger partial charge is 0.481 e. The average molecular weight is 298 g/mol. The van der Waals surface area contributed by atoms with Crippen molar-refractivity contribution in [3.8, 4) is 0 Å². The third kappa shape index (κ3) is 3.49. The molecule has 110 valence electrons. The number of sulfonamides is 1. The fourth-order valence-electron chi connectivity index (χ4n) is 2.06. The highest BCUT2D eigenvalue weighted by atomic mass is 32.2. The van der Waals surface area contributed by atoms with E-state index in [1.165, 1.54) is 19.2 Å². The van der Waals surface area contributed by atoms with E-state index in [1.807, 2.05) is 4.90 Å². The summed E-state index contributed by atoms with van der Waals surface area (Å²) in [4.78, 5) is 12.9. The van der Waals surface area contributed by atoms with E-state index in [0.29, 0.717) is 12.6 Å². The summed E-state index contributed by atoms with van der Waals surface area (Å²) in [5.41, 5.74) is 0.865. The van der Waals surface area contributed by atoms with E-state index in [1.54, 1.807) is 12.1 Å². The number of hydrogen-bond acceptors (Lipinski definition) is 4. The maximum Gasteiger partial charge on any atom is 0.305 e. The predicted octanol–water partition coefficient (Wildman–Crippen LogP) is 1.04. The Morgan fingerprint density at radius 2 is 1.95 bits per heavy atom. The number of anilines is 1. The molecule has 1 aromatic rings. The van der Waals surface area contributed by atoms with Crippen LogP contribution in [0.3, 0.4) is 0 Å². The van der Waals surface area contributed by atoms with Gasteiger partial charge in [-0.1, -0.05) is 0 Å². The molecule has 0 heterocycles. The van der Waals surface area contributed by atoms with Crippen LogP contribution < -0.4 is 9.62 Å². The highest BCUT2D eigenvalue weighted by molar-refractivity contribution is 7.89. The van der Waals surface area contributed by atoms with Gasteiger partial charge in [0.15, 0.2) is 0 Å². The Balaban J connectivity index is 2.16. The summed E-state index contributed by atoms with van der Waals surface area (Å²) >= 11 is 0. The molecule has 0 aromatic heterocycles. The molecule has 7 heteroatoms. The molecule has 0 amide bonds. The van der Waals surface area contributed by atoms with Gasteiger partial charge in [0.05, 0.1) is 11.3 Å². The zero-order valence-electron chi connectivity index (χ0n) is 11.2. The lowest BCUT2D eigenvalue weighted by molar-refractivity contribution is -0.136. The van der Waals surface area contributed by atoms with E-state index < -0.39 is 16.0 Å². The minimum Gasteiger partial charge on any atom is -0.481 e. The van der Waals surface area contributed by atoms with Crippen molar-refractivity contribution < 1.29 is 18.3 Å². The molecule has 0 aliphatic heterocycles. The molecule has 1 fully saturated rings. The lowest BCUT2D eigenvalue weighted by atomic mass is 10.2. The van der Waals surface area contributed by atoms with Crippen molar-refractivity contribution in [1.29, 1.82) is 0 Å². The Hall–Kier alpha value is -1.60. The number of rotatable bonds is 7. The quantitative estimate of drug-likeness (QED) is 0.785. The molecule has 1 saturated carbocycles. The van der Waals surface area contributed by atoms with Crippen LogP contribution in [0.2, 0.25) is 0 Å². The van der Waals surface area contributed by atoms with Crippen LogP contribution >= 0.6 is 0 Å². The predicted molar refractivity (Wildman–Crippen MR) is 75.3 cm³/mol. The third-order valence-corrected chi connectivity index (χ3v) is 4.73. The summed E-state index contributed by atoms with van der Waals surface area (Å²) in [6.07, 6.45) is 2.18. The van der Waals surface area contributed by atoms with Crippen LogP contribution in [-0.4, -0.2) is 39.1 Å². The maximum absolute atomic E-state index is 11.6. The van der Waals surface area contributed by atoms with Gasteiger partial charge in [0.1, 0.15) is 0 Å². The van der Waals surface area contributed by atoms with Gasteiger partial charge >= 0.3 is 5.97 Å². The molecular weight excluding hydrogens is 280 g/mol. The molecular formula is C13H18N2O4S. The van der Waals surface area contributed by atoms with Crippen molar-refractivity contribution >= 4 is 21.7 Å². The average Bonchev–Trinajstić information content (AvgIpc) is 3.24. The SMILES string of the molecule is CNS(=O)(=O)c1ccc(N(CCC(=O)O)C2CC2)cc1. The summed E-state index contributed by atoms with van der Waals surface area (Å²) in [7, 11) is -2.07. The van der Waals surface area contributed by atoms with Gasteiger partial charge in [-0.15, -0.1) is 0 Å². The van der Waals surface area contributed by atoms with E-state index in [4.69, 9.17) is 5.11 Å². The molecule has 20 heavy (non-hydrogen) atoms. The highest BCUT2D eigenvalue weighted by Gasteiger charge is 2.29. The monoisotopic (exact) mass is 298 g/mol. The van der Waals surface area contributed by atoms with Crippen LogP contribution in [0.15, 0.2) is 29.2 Å². The van der Waals surface area contributed by atoms with Crippen molar-refractivity contribution in [2.45, 2.75) is 30.2 Å². The minimum absolute atomic E-state index is 0.0765. The van der Waals surface area contributed by atoms with Crippen molar-refractivity contribution in [1.82, 2.24) is 4.72 Å². The van der Waals surface area contributed by atoms with Gasteiger partial charge in [-0.3, -0.25) is 4.79 Å². The van der Waals surface area contributed by atoms with Gasteiger partial charge in [-0.05, 0) is 44.2 Å². The first kappa shape index (κ1) is 14.8. The maximum atomic E-state index is 11.6. The second kappa shape index (κ2) is 5.80. The highest BCUT2D eigenvalue weighted by Crippen LogP contribution is 2.32. The molecule has 6 nitrogen and oxygen atoms in total. The van der Waals surface area contributed by atoms with Crippen LogP contribution in [-0.2, 0) is 14.8 Å². The number of nitrogens with one attached hydrogen (secondary N) is 1. The Morgan fingerprint density at radius 1 is 1.35 bits per heavy atom. The first-order valence-corrected chi connectivity index (χ1v) is 7.94. The lowest BCUT2D eigenvalue weighted by Gasteiger charge is -2.24. The normalized spacial score (nSPS) is 15.1. The number of carboxylic acids is 1. The summed E-state index contributed by atoms with van der Waals surface area (Å²) in [5, 5.41) is 8.78. The molecule has 2 rings (SSSR count). The van der Waals surface area contributed by atoms with Gasteiger partial charge in [-0.25, -0.2) is 13.1 Å². The first-order chi connectivity index (χ1) is 9.44. The van der Waals surface area contributed by atoms with Crippen LogP contribution in [0.4, 0.5) is 5.69 Å².